The molecule has 0 aromatic carbocycles. The van der Waals surface area contributed by atoms with Crippen molar-refractivity contribution in [2.45, 2.75) is 72.1 Å². The third kappa shape index (κ3) is 7.38. The van der Waals surface area contributed by atoms with E-state index < -0.39 is 0 Å². The standard InChI is InChI=1S/C16H29NO2/c1-4-6-7-8-9-14(3)18-13-16-10-15(12-19-16)11-17-5-2/h10,12,14,17H,4-9,11,13H2,1-3H3. The Balaban J connectivity index is 2.15. The highest BCUT2D eigenvalue weighted by Gasteiger charge is 2.06. The summed E-state index contributed by atoms with van der Waals surface area (Å²) in [6.07, 6.45) is 8.48. The van der Waals surface area contributed by atoms with Gasteiger partial charge in [0.15, 0.2) is 0 Å². The third-order valence-electron chi connectivity index (χ3n) is 3.26. The fourth-order valence-corrected chi connectivity index (χ4v) is 2.03. The second-order valence-electron chi connectivity index (χ2n) is 5.17. The van der Waals surface area contributed by atoms with Gasteiger partial charge in [0.25, 0.3) is 0 Å². The van der Waals surface area contributed by atoms with Crippen molar-refractivity contribution >= 4 is 0 Å². The molecule has 110 valence electrons. The van der Waals surface area contributed by atoms with Crippen LogP contribution in [0.2, 0.25) is 0 Å². The summed E-state index contributed by atoms with van der Waals surface area (Å²) in [7, 11) is 0. The lowest BCUT2D eigenvalue weighted by atomic mass is 10.1. The van der Waals surface area contributed by atoms with Gasteiger partial charge in [-0.1, -0.05) is 39.5 Å². The number of ether oxygens (including phenoxy) is 1. The summed E-state index contributed by atoms with van der Waals surface area (Å²) >= 11 is 0. The molecule has 19 heavy (non-hydrogen) atoms. The largest absolute Gasteiger partial charge is 0.467 e. The van der Waals surface area contributed by atoms with Gasteiger partial charge in [0.05, 0.1) is 12.4 Å². The molecule has 0 radical (unpaired) electrons. The van der Waals surface area contributed by atoms with Crippen molar-refractivity contribution in [1.82, 2.24) is 5.32 Å². The normalized spacial score (nSPS) is 12.8. The van der Waals surface area contributed by atoms with Gasteiger partial charge in [-0.25, -0.2) is 0 Å². The van der Waals surface area contributed by atoms with E-state index in [1.54, 1.807) is 0 Å². The summed E-state index contributed by atoms with van der Waals surface area (Å²) in [6, 6.07) is 2.08. The molecule has 0 fully saturated rings. The Morgan fingerprint density at radius 3 is 2.84 bits per heavy atom. The topological polar surface area (TPSA) is 34.4 Å². The Morgan fingerprint density at radius 1 is 1.26 bits per heavy atom. The first-order valence-electron chi connectivity index (χ1n) is 7.64. The van der Waals surface area contributed by atoms with Crippen molar-refractivity contribution < 1.29 is 9.15 Å². The predicted molar refractivity (Wildman–Crippen MR) is 79.1 cm³/mol. The summed E-state index contributed by atoms with van der Waals surface area (Å²) in [5.74, 6) is 0.924. The first kappa shape index (κ1) is 16.3. The van der Waals surface area contributed by atoms with Crippen LogP contribution in [0, 0.1) is 0 Å². The zero-order valence-electron chi connectivity index (χ0n) is 12.7. The lowest BCUT2D eigenvalue weighted by Gasteiger charge is -2.11. The quantitative estimate of drug-likeness (QED) is 0.608. The predicted octanol–water partition coefficient (Wildman–Crippen LogP) is 4.26. The van der Waals surface area contributed by atoms with Crippen molar-refractivity contribution in [3.8, 4) is 0 Å². The Labute approximate surface area is 117 Å². The van der Waals surface area contributed by atoms with Gasteiger partial charge < -0.3 is 14.5 Å². The van der Waals surface area contributed by atoms with Crippen molar-refractivity contribution in [3.05, 3.63) is 23.7 Å². The number of nitrogens with one attached hydrogen (secondary N) is 1. The zero-order valence-corrected chi connectivity index (χ0v) is 12.7. The van der Waals surface area contributed by atoms with Crippen LogP contribution in [0.4, 0.5) is 0 Å². The molecule has 0 saturated heterocycles. The Hall–Kier alpha value is -0.800. The molecule has 0 aliphatic heterocycles. The van der Waals surface area contributed by atoms with E-state index in [2.05, 4.69) is 32.2 Å². The maximum atomic E-state index is 5.81. The molecule has 1 aromatic rings. The SMILES string of the molecule is CCCCCCC(C)OCc1cc(CNCC)co1. The molecular weight excluding hydrogens is 238 g/mol. The molecule has 1 unspecified atom stereocenters. The van der Waals surface area contributed by atoms with Crippen LogP contribution in [0.5, 0.6) is 0 Å². The molecule has 0 aliphatic carbocycles. The lowest BCUT2D eigenvalue weighted by molar-refractivity contribution is 0.0360. The van der Waals surface area contributed by atoms with Crippen LogP contribution in [0.25, 0.3) is 0 Å². The Bertz CT molecular complexity index is 322. The highest BCUT2D eigenvalue weighted by Crippen LogP contribution is 2.13. The molecule has 1 N–H and O–H groups in total. The molecule has 0 spiro atoms. The molecule has 0 saturated carbocycles. The van der Waals surface area contributed by atoms with Crippen LogP contribution < -0.4 is 5.32 Å². The molecule has 1 atom stereocenters. The highest BCUT2D eigenvalue weighted by molar-refractivity contribution is 5.11. The number of unbranched alkanes of at least 4 members (excludes halogenated alkanes) is 3. The molecule has 1 aromatic heterocycles. The fraction of sp³-hybridized carbons (Fsp3) is 0.750. The molecule has 3 heteroatoms. The smallest absolute Gasteiger partial charge is 0.129 e. The van der Waals surface area contributed by atoms with E-state index in [1.807, 2.05) is 6.26 Å². The van der Waals surface area contributed by atoms with Crippen LogP contribution in [0.1, 0.15) is 64.2 Å². The van der Waals surface area contributed by atoms with E-state index in [0.717, 1.165) is 25.3 Å². The number of hydrogen-bond donors (Lipinski definition) is 1. The van der Waals surface area contributed by atoms with E-state index in [4.69, 9.17) is 9.15 Å². The van der Waals surface area contributed by atoms with Crippen LogP contribution in [-0.4, -0.2) is 12.6 Å². The Kier molecular flexibility index (Phi) is 8.59. The second kappa shape index (κ2) is 10.0. The van der Waals surface area contributed by atoms with Gasteiger partial charge >= 0.3 is 0 Å². The summed E-state index contributed by atoms with van der Waals surface area (Å²) in [4.78, 5) is 0. The van der Waals surface area contributed by atoms with E-state index >= 15 is 0 Å². The zero-order chi connectivity index (χ0) is 13.9. The van der Waals surface area contributed by atoms with Crippen molar-refractivity contribution in [2.24, 2.45) is 0 Å². The van der Waals surface area contributed by atoms with Crippen molar-refractivity contribution in [2.75, 3.05) is 6.54 Å². The lowest BCUT2D eigenvalue weighted by Crippen LogP contribution is -2.10. The minimum atomic E-state index is 0.319. The molecule has 3 nitrogen and oxygen atoms in total. The van der Waals surface area contributed by atoms with Gasteiger partial charge in [-0.05, 0) is 26.0 Å². The molecule has 0 aliphatic rings. The molecule has 0 amide bonds. The fourth-order valence-electron chi connectivity index (χ4n) is 2.03. The Morgan fingerprint density at radius 2 is 2.11 bits per heavy atom. The van der Waals surface area contributed by atoms with Crippen LogP contribution in [-0.2, 0) is 17.9 Å². The van der Waals surface area contributed by atoms with Gasteiger partial charge in [0.2, 0.25) is 0 Å². The molecular formula is C16H29NO2. The molecule has 0 bridgehead atoms. The highest BCUT2D eigenvalue weighted by atomic mass is 16.5. The number of rotatable bonds is 11. The van der Waals surface area contributed by atoms with Gasteiger partial charge in [-0.3, -0.25) is 0 Å². The summed E-state index contributed by atoms with van der Waals surface area (Å²) < 4.78 is 11.3. The molecule has 1 heterocycles. The maximum Gasteiger partial charge on any atom is 0.129 e. The first-order chi connectivity index (χ1) is 9.26. The number of hydrogen-bond acceptors (Lipinski definition) is 3. The van der Waals surface area contributed by atoms with Gasteiger partial charge in [0, 0.05) is 12.1 Å². The maximum absolute atomic E-state index is 5.81. The van der Waals surface area contributed by atoms with Crippen LogP contribution in [0.3, 0.4) is 0 Å². The van der Waals surface area contributed by atoms with E-state index in [0.29, 0.717) is 12.7 Å². The minimum absolute atomic E-state index is 0.319. The van der Waals surface area contributed by atoms with Crippen LogP contribution in [0.15, 0.2) is 16.7 Å². The van der Waals surface area contributed by atoms with Crippen molar-refractivity contribution in [1.29, 1.82) is 0 Å². The first-order valence-corrected chi connectivity index (χ1v) is 7.64. The van der Waals surface area contributed by atoms with E-state index in [1.165, 1.54) is 31.2 Å². The van der Waals surface area contributed by atoms with E-state index in [-0.39, 0.29) is 0 Å². The van der Waals surface area contributed by atoms with Crippen molar-refractivity contribution in [3.63, 3.8) is 0 Å². The molecule has 1 rings (SSSR count). The van der Waals surface area contributed by atoms with Gasteiger partial charge in [0.1, 0.15) is 12.4 Å². The van der Waals surface area contributed by atoms with E-state index in [9.17, 15) is 0 Å². The van der Waals surface area contributed by atoms with Gasteiger partial charge in [-0.15, -0.1) is 0 Å². The van der Waals surface area contributed by atoms with Gasteiger partial charge in [-0.2, -0.15) is 0 Å². The summed E-state index contributed by atoms with van der Waals surface area (Å²) in [5.41, 5.74) is 1.19. The third-order valence-corrected chi connectivity index (χ3v) is 3.26. The summed E-state index contributed by atoms with van der Waals surface area (Å²) in [5, 5.41) is 3.28. The monoisotopic (exact) mass is 267 g/mol. The minimum Gasteiger partial charge on any atom is -0.467 e. The second-order valence-corrected chi connectivity index (χ2v) is 5.17. The average molecular weight is 267 g/mol. The summed E-state index contributed by atoms with van der Waals surface area (Å²) in [6.45, 7) is 8.92. The van der Waals surface area contributed by atoms with Crippen LogP contribution >= 0.6 is 0 Å². The average Bonchev–Trinajstić information content (AvgIpc) is 2.87. The number of furan rings is 1.